The zero-order valence-electron chi connectivity index (χ0n) is 15.6. The first kappa shape index (κ1) is 18.8. The number of aromatic nitrogens is 2. The number of rotatable bonds is 4. The fraction of sp³-hybridized carbons (Fsp3) is 0.200. The topological polar surface area (TPSA) is 83.1 Å². The van der Waals surface area contributed by atoms with E-state index in [1.54, 1.807) is 18.2 Å². The Morgan fingerprint density at radius 1 is 1.32 bits per heavy atom. The van der Waals surface area contributed by atoms with E-state index in [-0.39, 0.29) is 23.0 Å². The molecule has 1 aromatic heterocycles. The van der Waals surface area contributed by atoms with E-state index in [0.717, 1.165) is 32.9 Å². The van der Waals surface area contributed by atoms with Crippen molar-refractivity contribution in [2.75, 3.05) is 0 Å². The lowest BCUT2D eigenvalue weighted by Crippen LogP contribution is -2.34. The highest BCUT2D eigenvalue weighted by Crippen LogP contribution is 2.49. The van der Waals surface area contributed by atoms with E-state index < -0.39 is 10.9 Å². The molecular formula is C20H19N3O3S2. The summed E-state index contributed by atoms with van der Waals surface area (Å²) in [5.74, 6) is -0.241. The molecule has 2 aliphatic rings. The third kappa shape index (κ3) is 3.22. The van der Waals surface area contributed by atoms with E-state index in [4.69, 9.17) is 0 Å². The summed E-state index contributed by atoms with van der Waals surface area (Å²) in [6, 6.07) is 5.24. The largest absolute Gasteiger partial charge is 0.334 e. The molecule has 1 fully saturated rings. The maximum atomic E-state index is 12.6. The summed E-state index contributed by atoms with van der Waals surface area (Å²) >= 11 is 0.977. The number of thioether (sulfide) groups is 1. The van der Waals surface area contributed by atoms with Crippen LogP contribution in [0.4, 0.5) is 4.79 Å². The summed E-state index contributed by atoms with van der Waals surface area (Å²) in [6.07, 6.45) is 5.69. The number of allylic oxidation sites excluding steroid dienone is 3. The molecule has 28 heavy (non-hydrogen) atoms. The van der Waals surface area contributed by atoms with Crippen molar-refractivity contribution in [3.05, 3.63) is 57.2 Å². The molecule has 0 radical (unpaired) electrons. The number of aromatic amines is 1. The van der Waals surface area contributed by atoms with Crippen molar-refractivity contribution in [2.24, 2.45) is 0 Å². The first-order valence-electron chi connectivity index (χ1n) is 8.80. The van der Waals surface area contributed by atoms with Crippen LogP contribution in [0.5, 0.6) is 0 Å². The first-order valence-corrected chi connectivity index (χ1v) is 11.0. The second-order valence-electron chi connectivity index (χ2n) is 6.80. The third-order valence-corrected chi connectivity index (χ3v) is 7.36. The predicted octanol–water partition coefficient (Wildman–Crippen LogP) is 4.52. The van der Waals surface area contributed by atoms with E-state index in [1.807, 2.05) is 32.1 Å². The average Bonchev–Trinajstić information content (AvgIpc) is 3.31. The van der Waals surface area contributed by atoms with E-state index in [2.05, 4.69) is 15.4 Å². The van der Waals surface area contributed by atoms with Crippen LogP contribution >= 0.6 is 22.7 Å². The van der Waals surface area contributed by atoms with Crippen LogP contribution in [-0.2, 0) is 4.79 Å². The quantitative estimate of drug-likeness (QED) is 0.437. The molecule has 3 heterocycles. The number of amides is 2. The summed E-state index contributed by atoms with van der Waals surface area (Å²) in [5.41, 5.74) is 2.24. The molecule has 1 atom stereocenters. The van der Waals surface area contributed by atoms with Gasteiger partial charge in [-0.15, -0.1) is 10.9 Å². The predicted molar refractivity (Wildman–Crippen MR) is 114 cm³/mol. The minimum absolute atomic E-state index is 0.00555. The van der Waals surface area contributed by atoms with Gasteiger partial charge in [-0.3, -0.25) is 19.3 Å². The zero-order valence-corrected chi connectivity index (χ0v) is 17.3. The third-order valence-electron chi connectivity index (χ3n) is 4.50. The Bertz CT molecular complexity index is 1110. The van der Waals surface area contributed by atoms with Gasteiger partial charge in [-0.1, -0.05) is 6.08 Å². The smallest absolute Gasteiger partial charge is 0.293 e. The Morgan fingerprint density at radius 3 is 2.79 bits per heavy atom. The Hall–Kier alpha value is -2.58. The number of nitrogens with zero attached hydrogens (tertiary/aromatic N) is 2. The number of imidazole rings is 1. The number of imide groups is 1. The molecule has 0 bridgehead atoms. The van der Waals surface area contributed by atoms with E-state index in [9.17, 15) is 14.4 Å². The van der Waals surface area contributed by atoms with Gasteiger partial charge in [-0.05, 0) is 73.2 Å². The summed E-state index contributed by atoms with van der Waals surface area (Å²) < 4.78 is 0. The van der Waals surface area contributed by atoms with Crippen molar-refractivity contribution >= 4 is 50.6 Å². The Balaban J connectivity index is 1.65. The van der Waals surface area contributed by atoms with Gasteiger partial charge in [0.25, 0.3) is 11.1 Å². The van der Waals surface area contributed by atoms with Crippen LogP contribution in [0.1, 0.15) is 31.1 Å². The van der Waals surface area contributed by atoms with Gasteiger partial charge in [-0.25, -0.2) is 4.98 Å². The van der Waals surface area contributed by atoms with Crippen molar-refractivity contribution in [2.45, 2.75) is 32.0 Å². The van der Waals surface area contributed by atoms with Gasteiger partial charge in [0, 0.05) is 11.6 Å². The molecule has 0 spiro atoms. The summed E-state index contributed by atoms with van der Waals surface area (Å²) in [7, 11) is -0.897. The van der Waals surface area contributed by atoms with Crippen molar-refractivity contribution < 1.29 is 14.4 Å². The minimum Gasteiger partial charge on any atom is -0.334 e. The monoisotopic (exact) mass is 413 g/mol. The molecule has 2 amide bonds. The number of thiol groups is 1. The molecule has 2 aliphatic heterocycles. The Kier molecular flexibility index (Phi) is 4.76. The van der Waals surface area contributed by atoms with Gasteiger partial charge in [0.05, 0.1) is 15.9 Å². The number of Topliss-reactive ketones (excluding diaryl/α,β-unsaturated/α-hetero) is 1. The van der Waals surface area contributed by atoms with E-state index >= 15 is 0 Å². The van der Waals surface area contributed by atoms with Crippen molar-refractivity contribution in [1.29, 1.82) is 0 Å². The fourth-order valence-corrected chi connectivity index (χ4v) is 5.92. The molecule has 0 saturated carbocycles. The number of ketones is 1. The lowest BCUT2D eigenvalue weighted by Gasteiger charge is -2.16. The molecule has 0 aliphatic carbocycles. The zero-order chi connectivity index (χ0) is 20.0. The maximum Gasteiger partial charge on any atom is 0.293 e. The molecule has 1 unspecified atom stereocenters. The molecule has 6 nitrogen and oxygen atoms in total. The van der Waals surface area contributed by atoms with Crippen LogP contribution in [0.2, 0.25) is 0 Å². The normalized spacial score (nSPS) is 22.1. The van der Waals surface area contributed by atoms with Crippen LogP contribution < -0.4 is 0 Å². The van der Waals surface area contributed by atoms with Crippen LogP contribution in [0.25, 0.3) is 11.0 Å². The number of hydrogen-bond acceptors (Lipinski definition) is 5. The SMILES string of the molecule is CC(=O)c1ccc2nc([SH]3C=CC=C3/C=C3\SC(=O)N(C(C)C)C3=O)[nH]c2c1. The maximum absolute atomic E-state index is 12.6. The van der Waals surface area contributed by atoms with Gasteiger partial charge in [0.1, 0.15) is 0 Å². The first-order chi connectivity index (χ1) is 13.3. The molecule has 1 aromatic carbocycles. The molecule has 4 rings (SSSR count). The number of fused-ring (bicyclic) bond motifs is 1. The summed E-state index contributed by atoms with van der Waals surface area (Å²) in [6.45, 7) is 5.19. The highest BCUT2D eigenvalue weighted by molar-refractivity contribution is 8.23. The fourth-order valence-electron chi connectivity index (χ4n) is 3.09. The van der Waals surface area contributed by atoms with Crippen LogP contribution in [0.15, 0.2) is 56.8 Å². The van der Waals surface area contributed by atoms with E-state index in [1.165, 1.54) is 11.8 Å². The van der Waals surface area contributed by atoms with E-state index in [0.29, 0.717) is 10.5 Å². The van der Waals surface area contributed by atoms with Crippen molar-refractivity contribution in [3.8, 4) is 0 Å². The lowest BCUT2D eigenvalue weighted by atomic mass is 10.1. The van der Waals surface area contributed by atoms with Gasteiger partial charge in [-0.2, -0.15) is 0 Å². The number of hydrogen-bond donors (Lipinski definition) is 2. The lowest BCUT2D eigenvalue weighted by molar-refractivity contribution is -0.123. The van der Waals surface area contributed by atoms with Crippen LogP contribution in [0, 0.1) is 0 Å². The average molecular weight is 414 g/mol. The van der Waals surface area contributed by atoms with Gasteiger partial charge < -0.3 is 4.98 Å². The number of nitrogens with one attached hydrogen (secondary N) is 1. The Morgan fingerprint density at radius 2 is 2.11 bits per heavy atom. The van der Waals surface area contributed by atoms with Crippen LogP contribution in [0.3, 0.4) is 0 Å². The van der Waals surface area contributed by atoms with Crippen LogP contribution in [-0.4, -0.2) is 37.8 Å². The number of benzene rings is 1. The number of carbonyl (C=O) groups excluding carboxylic acids is 3. The summed E-state index contributed by atoms with van der Waals surface area (Å²) in [5, 5.41) is 2.62. The second kappa shape index (κ2) is 7.10. The molecule has 1 saturated heterocycles. The molecular weight excluding hydrogens is 394 g/mol. The molecule has 2 aromatic rings. The molecule has 8 heteroatoms. The Labute approximate surface area is 169 Å². The standard InChI is InChI=1S/C20H19N3O3S2/c1-11(2)23-18(25)17(27-20(23)26)10-14-5-4-8-28(14)19-21-15-7-6-13(12(3)24)9-16(15)22-19/h4-11,28H,1-3H3,(H,21,22)/b17-10-. The number of carbonyl (C=O) groups is 3. The van der Waals surface area contributed by atoms with Crippen molar-refractivity contribution in [3.63, 3.8) is 0 Å². The van der Waals surface area contributed by atoms with Gasteiger partial charge in [0.15, 0.2) is 10.9 Å². The second-order valence-corrected chi connectivity index (χ2v) is 9.77. The molecule has 1 N–H and O–H groups in total. The summed E-state index contributed by atoms with van der Waals surface area (Å²) in [4.78, 5) is 46.9. The highest BCUT2D eigenvalue weighted by atomic mass is 32.2. The molecule has 144 valence electrons. The minimum atomic E-state index is -0.897. The van der Waals surface area contributed by atoms with Gasteiger partial charge in [0.2, 0.25) is 0 Å². The van der Waals surface area contributed by atoms with Gasteiger partial charge >= 0.3 is 0 Å². The highest BCUT2D eigenvalue weighted by Gasteiger charge is 2.37. The number of H-pyrrole nitrogens is 1. The van der Waals surface area contributed by atoms with Crippen molar-refractivity contribution in [1.82, 2.24) is 14.9 Å².